The first-order valence-electron chi connectivity index (χ1n) is 10.00. The predicted molar refractivity (Wildman–Crippen MR) is 110 cm³/mol. The molecule has 0 radical (unpaired) electrons. The van der Waals surface area contributed by atoms with E-state index in [2.05, 4.69) is 25.0 Å². The van der Waals surface area contributed by atoms with Gasteiger partial charge in [0.15, 0.2) is 17.3 Å². The van der Waals surface area contributed by atoms with Crippen LogP contribution < -0.4 is 15.0 Å². The number of aryl methyl sites for hydroxylation is 1. The van der Waals surface area contributed by atoms with Crippen molar-refractivity contribution in [3.05, 3.63) is 35.4 Å². The highest BCUT2D eigenvalue weighted by Gasteiger charge is 2.31. The van der Waals surface area contributed by atoms with Gasteiger partial charge in [-0.05, 0) is 30.4 Å². The third kappa shape index (κ3) is 6.29. The predicted octanol–water partition coefficient (Wildman–Crippen LogP) is 3.97. The van der Waals surface area contributed by atoms with Crippen LogP contribution in [0.15, 0.2) is 18.3 Å². The number of halogens is 3. The van der Waals surface area contributed by atoms with Gasteiger partial charge in [-0.15, -0.1) is 13.2 Å². The second-order valence-corrected chi connectivity index (χ2v) is 8.65. The summed E-state index contributed by atoms with van der Waals surface area (Å²) in [5, 5.41) is 12.2. The number of fused-ring (bicyclic) bond motifs is 1. The zero-order valence-electron chi connectivity index (χ0n) is 18.0. The molecule has 1 aliphatic heterocycles. The number of carbonyl (C=O) groups excluding carboxylic acids is 1. The number of rotatable bonds is 5. The Morgan fingerprint density at radius 3 is 2.62 bits per heavy atom. The topological polar surface area (TPSA) is 104 Å². The lowest BCUT2D eigenvalue weighted by Crippen LogP contribution is -2.31. The van der Waals surface area contributed by atoms with E-state index in [-0.39, 0.29) is 35.8 Å². The third-order valence-corrected chi connectivity index (χ3v) is 4.53. The van der Waals surface area contributed by atoms with Gasteiger partial charge in [0, 0.05) is 13.0 Å². The van der Waals surface area contributed by atoms with E-state index in [9.17, 15) is 23.2 Å². The first-order chi connectivity index (χ1) is 14.9. The Kier molecular flexibility index (Phi) is 6.52. The van der Waals surface area contributed by atoms with Crippen molar-refractivity contribution in [3.63, 3.8) is 0 Å². The highest BCUT2D eigenvalue weighted by Crippen LogP contribution is 2.29. The SMILES string of the molecule is CC(C)(C)CC(=O)Nc1nc2c(nc1C#N)N(Cc1ccc(OC(F)(F)F)cn1)CCC2. The van der Waals surface area contributed by atoms with E-state index in [1.807, 2.05) is 31.7 Å². The van der Waals surface area contributed by atoms with Gasteiger partial charge in [-0.25, -0.2) is 9.97 Å². The molecule has 0 fully saturated rings. The number of anilines is 2. The van der Waals surface area contributed by atoms with Crippen LogP contribution in [-0.2, 0) is 17.8 Å². The zero-order chi connectivity index (χ0) is 23.5. The van der Waals surface area contributed by atoms with Gasteiger partial charge < -0.3 is 15.0 Å². The number of nitriles is 1. The summed E-state index contributed by atoms with van der Waals surface area (Å²) >= 11 is 0. The number of hydrogen-bond acceptors (Lipinski definition) is 7. The average Bonchev–Trinajstić information content (AvgIpc) is 2.66. The molecule has 1 N–H and O–H groups in total. The second-order valence-electron chi connectivity index (χ2n) is 8.65. The fourth-order valence-electron chi connectivity index (χ4n) is 3.30. The van der Waals surface area contributed by atoms with Crippen molar-refractivity contribution in [2.75, 3.05) is 16.8 Å². The van der Waals surface area contributed by atoms with Gasteiger partial charge in [-0.3, -0.25) is 9.78 Å². The number of nitrogens with one attached hydrogen (secondary N) is 1. The van der Waals surface area contributed by atoms with Gasteiger partial charge in [0.1, 0.15) is 11.8 Å². The Labute approximate surface area is 183 Å². The summed E-state index contributed by atoms with van der Waals surface area (Å²) in [7, 11) is 0. The van der Waals surface area contributed by atoms with Gasteiger partial charge >= 0.3 is 6.36 Å². The van der Waals surface area contributed by atoms with Crippen molar-refractivity contribution in [2.45, 2.75) is 52.9 Å². The molecule has 0 saturated heterocycles. The van der Waals surface area contributed by atoms with Crippen LogP contribution in [0.5, 0.6) is 5.75 Å². The number of pyridine rings is 1. The summed E-state index contributed by atoms with van der Waals surface area (Å²) in [4.78, 5) is 27.1. The molecule has 0 bridgehead atoms. The number of amides is 1. The third-order valence-electron chi connectivity index (χ3n) is 4.53. The molecule has 1 amide bonds. The van der Waals surface area contributed by atoms with Gasteiger partial charge in [0.2, 0.25) is 5.91 Å². The maximum atomic E-state index is 12.3. The van der Waals surface area contributed by atoms with Gasteiger partial charge in [0.05, 0.1) is 24.1 Å². The maximum absolute atomic E-state index is 12.3. The van der Waals surface area contributed by atoms with E-state index in [1.165, 1.54) is 12.1 Å². The molecule has 1 aliphatic rings. The summed E-state index contributed by atoms with van der Waals surface area (Å²) < 4.78 is 40.8. The van der Waals surface area contributed by atoms with Crippen LogP contribution in [0.4, 0.5) is 24.8 Å². The van der Waals surface area contributed by atoms with Crippen molar-refractivity contribution in [1.82, 2.24) is 15.0 Å². The molecule has 170 valence electrons. The zero-order valence-corrected chi connectivity index (χ0v) is 18.0. The normalized spacial score (nSPS) is 13.8. The number of alkyl halides is 3. The minimum Gasteiger partial charge on any atom is -0.404 e. The summed E-state index contributed by atoms with van der Waals surface area (Å²) in [6.45, 7) is 6.69. The van der Waals surface area contributed by atoms with Crippen LogP contribution in [0.2, 0.25) is 0 Å². The molecule has 2 aromatic rings. The molecule has 3 heterocycles. The van der Waals surface area contributed by atoms with Crippen molar-refractivity contribution in [3.8, 4) is 11.8 Å². The highest BCUT2D eigenvalue weighted by atomic mass is 19.4. The molecule has 32 heavy (non-hydrogen) atoms. The number of nitrogens with zero attached hydrogens (tertiary/aromatic N) is 5. The first kappa shape index (κ1) is 23.2. The van der Waals surface area contributed by atoms with Gasteiger partial charge in [-0.2, -0.15) is 5.26 Å². The largest absolute Gasteiger partial charge is 0.573 e. The van der Waals surface area contributed by atoms with Crippen LogP contribution >= 0.6 is 0 Å². The van der Waals surface area contributed by atoms with E-state index >= 15 is 0 Å². The summed E-state index contributed by atoms with van der Waals surface area (Å²) in [6, 6.07) is 4.61. The van der Waals surface area contributed by atoms with E-state index in [1.54, 1.807) is 0 Å². The van der Waals surface area contributed by atoms with E-state index < -0.39 is 12.1 Å². The van der Waals surface area contributed by atoms with Gasteiger partial charge in [-0.1, -0.05) is 20.8 Å². The van der Waals surface area contributed by atoms with Crippen molar-refractivity contribution in [2.24, 2.45) is 5.41 Å². The Morgan fingerprint density at radius 2 is 2.03 bits per heavy atom. The lowest BCUT2D eigenvalue weighted by Gasteiger charge is -2.29. The molecule has 0 unspecified atom stereocenters. The Bertz CT molecular complexity index is 1030. The standard InChI is InChI=1S/C21H23F3N6O2/c1-20(2,3)9-17(31)29-18-16(10-25)28-19-15(27-18)5-4-8-30(19)12-13-6-7-14(11-26-13)32-21(22,23)24/h6-7,11H,4-5,8-9,12H2,1-3H3,(H,27,29,31). The minimum absolute atomic E-state index is 0.000191. The number of hydrogen-bond donors (Lipinski definition) is 1. The Balaban J connectivity index is 1.79. The highest BCUT2D eigenvalue weighted by molar-refractivity contribution is 5.91. The van der Waals surface area contributed by atoms with Crippen LogP contribution in [0.25, 0.3) is 0 Å². The monoisotopic (exact) mass is 448 g/mol. The molecule has 2 aromatic heterocycles. The fraction of sp³-hybridized carbons (Fsp3) is 0.476. The van der Waals surface area contributed by atoms with Crippen molar-refractivity contribution >= 4 is 17.5 Å². The number of ether oxygens (including phenoxy) is 1. The summed E-state index contributed by atoms with van der Waals surface area (Å²) in [6.07, 6.45) is -2.12. The molecular weight excluding hydrogens is 425 g/mol. The lowest BCUT2D eigenvalue weighted by molar-refractivity contribution is -0.274. The Morgan fingerprint density at radius 1 is 1.28 bits per heavy atom. The molecule has 0 saturated carbocycles. The van der Waals surface area contributed by atoms with Crippen LogP contribution in [-0.4, -0.2) is 33.8 Å². The lowest BCUT2D eigenvalue weighted by atomic mass is 9.92. The fourth-order valence-corrected chi connectivity index (χ4v) is 3.30. The molecule has 8 nitrogen and oxygen atoms in total. The van der Waals surface area contributed by atoms with Crippen molar-refractivity contribution < 1.29 is 22.7 Å². The average molecular weight is 448 g/mol. The molecule has 3 rings (SSSR count). The summed E-state index contributed by atoms with van der Waals surface area (Å²) in [5.41, 5.74) is 0.927. The van der Waals surface area contributed by atoms with Crippen molar-refractivity contribution in [1.29, 1.82) is 5.26 Å². The molecular formula is C21H23F3N6O2. The molecule has 0 atom stereocenters. The molecule has 0 aromatic carbocycles. The maximum Gasteiger partial charge on any atom is 0.573 e. The quantitative estimate of drug-likeness (QED) is 0.738. The summed E-state index contributed by atoms with van der Waals surface area (Å²) in [5.74, 6) is -0.0167. The van der Waals surface area contributed by atoms with Crippen LogP contribution in [0.3, 0.4) is 0 Å². The molecule has 11 heteroatoms. The smallest absolute Gasteiger partial charge is 0.404 e. The van der Waals surface area contributed by atoms with Crippen LogP contribution in [0.1, 0.15) is 50.7 Å². The minimum atomic E-state index is -4.78. The first-order valence-corrected chi connectivity index (χ1v) is 10.00. The van der Waals surface area contributed by atoms with Gasteiger partial charge in [0.25, 0.3) is 0 Å². The van der Waals surface area contributed by atoms with Crippen LogP contribution in [0, 0.1) is 16.7 Å². The number of carbonyl (C=O) groups is 1. The molecule has 0 aliphatic carbocycles. The van der Waals surface area contributed by atoms with E-state index in [0.29, 0.717) is 30.2 Å². The van der Waals surface area contributed by atoms with E-state index in [4.69, 9.17) is 0 Å². The second kappa shape index (κ2) is 8.98. The molecule has 0 spiro atoms. The van der Waals surface area contributed by atoms with E-state index in [0.717, 1.165) is 12.6 Å². The Hall–Kier alpha value is -3.42. The number of aromatic nitrogens is 3.